The molecule has 0 bridgehead atoms. The first-order valence-electron chi connectivity index (χ1n) is 12.5. The standard InChI is InChI=1S/C30H32N2O6/c1-30(2,3)38-28(35)31-17-20-14-12-19(13-15-20)16-26(27(33)34)32-29(36)37-18-25-23-10-6-4-8-21(23)22-9-5-7-11-24(22)25/h4-15,25-26H,16-18H2,1-3H3,(H,31,35)(H,32,36)(H,33,34)/p-1/t26-/m1/s1. The summed E-state index contributed by atoms with van der Waals surface area (Å²) >= 11 is 0. The number of carboxylic acid groups (broad SMARTS) is 1. The number of amides is 2. The van der Waals surface area contributed by atoms with Crippen LogP contribution in [0.4, 0.5) is 9.59 Å². The molecule has 2 amide bonds. The van der Waals surface area contributed by atoms with Gasteiger partial charge in [0.2, 0.25) is 0 Å². The van der Waals surface area contributed by atoms with Crippen LogP contribution in [0.25, 0.3) is 11.1 Å². The van der Waals surface area contributed by atoms with Crippen molar-refractivity contribution in [2.75, 3.05) is 6.61 Å². The number of carbonyl (C=O) groups is 3. The van der Waals surface area contributed by atoms with E-state index in [2.05, 4.69) is 10.6 Å². The molecule has 1 aliphatic rings. The molecule has 198 valence electrons. The van der Waals surface area contributed by atoms with Gasteiger partial charge in [-0.2, -0.15) is 0 Å². The summed E-state index contributed by atoms with van der Waals surface area (Å²) in [5.74, 6) is -1.54. The summed E-state index contributed by atoms with van der Waals surface area (Å²) in [6.45, 7) is 5.69. The Morgan fingerprint density at radius 2 is 1.39 bits per heavy atom. The van der Waals surface area contributed by atoms with Crippen molar-refractivity contribution in [3.63, 3.8) is 0 Å². The fourth-order valence-electron chi connectivity index (χ4n) is 4.49. The van der Waals surface area contributed by atoms with Gasteiger partial charge >= 0.3 is 12.2 Å². The van der Waals surface area contributed by atoms with Gasteiger partial charge < -0.3 is 30.0 Å². The Balaban J connectivity index is 1.31. The molecule has 0 unspecified atom stereocenters. The monoisotopic (exact) mass is 515 g/mol. The average Bonchev–Trinajstić information content (AvgIpc) is 3.19. The molecular formula is C30H31N2O6-. The molecule has 0 aromatic heterocycles. The molecule has 2 N–H and O–H groups in total. The van der Waals surface area contributed by atoms with E-state index < -0.39 is 29.8 Å². The summed E-state index contributed by atoms with van der Waals surface area (Å²) in [6, 6.07) is 21.7. The third kappa shape index (κ3) is 6.70. The van der Waals surface area contributed by atoms with E-state index in [0.29, 0.717) is 5.56 Å². The summed E-state index contributed by atoms with van der Waals surface area (Å²) < 4.78 is 10.7. The van der Waals surface area contributed by atoms with Crippen LogP contribution in [0.15, 0.2) is 72.8 Å². The number of rotatable bonds is 8. The lowest BCUT2D eigenvalue weighted by Crippen LogP contribution is -2.49. The van der Waals surface area contributed by atoms with Crippen LogP contribution in [-0.2, 0) is 27.2 Å². The number of alkyl carbamates (subject to hydrolysis) is 2. The predicted molar refractivity (Wildman–Crippen MR) is 140 cm³/mol. The summed E-state index contributed by atoms with van der Waals surface area (Å²) in [5.41, 5.74) is 5.25. The number of carbonyl (C=O) groups excluding carboxylic acids is 3. The molecule has 3 aromatic carbocycles. The Morgan fingerprint density at radius 3 is 1.95 bits per heavy atom. The zero-order chi connectivity index (χ0) is 27.3. The van der Waals surface area contributed by atoms with Crippen molar-refractivity contribution in [2.24, 2.45) is 0 Å². The fraction of sp³-hybridized carbons (Fsp3) is 0.300. The lowest BCUT2D eigenvalue weighted by Gasteiger charge is -2.21. The van der Waals surface area contributed by atoms with Crippen molar-refractivity contribution in [1.82, 2.24) is 10.6 Å². The third-order valence-electron chi connectivity index (χ3n) is 6.22. The Morgan fingerprint density at radius 1 is 0.842 bits per heavy atom. The van der Waals surface area contributed by atoms with Gasteiger partial charge in [0.05, 0.1) is 12.0 Å². The molecule has 0 saturated heterocycles. The Hall–Kier alpha value is -4.33. The molecule has 8 heteroatoms. The quantitative estimate of drug-likeness (QED) is 0.470. The number of hydrogen-bond donors (Lipinski definition) is 2. The average molecular weight is 516 g/mol. The SMILES string of the molecule is CC(C)(C)OC(=O)NCc1ccc(C[C@@H](NC(=O)OCC2c3ccccc3-c3ccccc32)C(=O)[O-])cc1. The van der Waals surface area contributed by atoms with E-state index in [9.17, 15) is 19.5 Å². The molecule has 1 aliphatic carbocycles. The van der Waals surface area contributed by atoms with Crippen molar-refractivity contribution in [3.05, 3.63) is 95.1 Å². The molecule has 3 aromatic rings. The van der Waals surface area contributed by atoms with Crippen LogP contribution in [0, 0.1) is 0 Å². The summed E-state index contributed by atoms with van der Waals surface area (Å²) in [5, 5.41) is 16.8. The minimum Gasteiger partial charge on any atom is -0.548 e. The highest BCUT2D eigenvalue weighted by molar-refractivity contribution is 5.80. The number of carboxylic acids is 1. The zero-order valence-corrected chi connectivity index (χ0v) is 21.7. The van der Waals surface area contributed by atoms with Gasteiger partial charge in [-0.1, -0.05) is 72.8 Å². The maximum absolute atomic E-state index is 12.6. The molecule has 0 radical (unpaired) electrons. The highest BCUT2D eigenvalue weighted by atomic mass is 16.6. The summed E-state index contributed by atoms with van der Waals surface area (Å²) in [6.07, 6.45) is -1.32. The van der Waals surface area contributed by atoms with E-state index in [1.807, 2.05) is 48.5 Å². The molecule has 0 fully saturated rings. The zero-order valence-electron chi connectivity index (χ0n) is 21.7. The molecule has 0 heterocycles. The number of hydrogen-bond acceptors (Lipinski definition) is 6. The highest BCUT2D eigenvalue weighted by Gasteiger charge is 2.29. The molecule has 4 rings (SSSR count). The number of ether oxygens (including phenoxy) is 2. The molecule has 8 nitrogen and oxygen atoms in total. The molecule has 0 saturated carbocycles. The van der Waals surface area contributed by atoms with Crippen LogP contribution in [0.5, 0.6) is 0 Å². The fourth-order valence-corrected chi connectivity index (χ4v) is 4.49. The highest BCUT2D eigenvalue weighted by Crippen LogP contribution is 2.44. The van der Waals surface area contributed by atoms with Crippen molar-refractivity contribution in [1.29, 1.82) is 0 Å². The Kier molecular flexibility index (Phi) is 8.00. The van der Waals surface area contributed by atoms with Gasteiger partial charge in [-0.3, -0.25) is 0 Å². The van der Waals surface area contributed by atoms with Crippen LogP contribution in [0.3, 0.4) is 0 Å². The number of aliphatic carboxylic acids is 1. The van der Waals surface area contributed by atoms with E-state index in [4.69, 9.17) is 9.47 Å². The Bertz CT molecular complexity index is 1270. The van der Waals surface area contributed by atoms with Crippen LogP contribution in [0.1, 0.15) is 48.9 Å². The molecule has 0 aliphatic heterocycles. The van der Waals surface area contributed by atoms with E-state index in [1.165, 1.54) is 0 Å². The van der Waals surface area contributed by atoms with Gasteiger partial charge in [0.25, 0.3) is 0 Å². The first-order chi connectivity index (χ1) is 18.1. The lowest BCUT2D eigenvalue weighted by molar-refractivity contribution is -0.308. The molecule has 0 spiro atoms. The van der Waals surface area contributed by atoms with Crippen molar-refractivity contribution in [3.8, 4) is 11.1 Å². The van der Waals surface area contributed by atoms with Crippen LogP contribution in [0.2, 0.25) is 0 Å². The second-order valence-electron chi connectivity index (χ2n) is 10.2. The van der Waals surface area contributed by atoms with E-state index in [-0.39, 0.29) is 25.5 Å². The van der Waals surface area contributed by atoms with Crippen molar-refractivity contribution in [2.45, 2.75) is 51.3 Å². The summed E-state index contributed by atoms with van der Waals surface area (Å²) in [4.78, 5) is 36.1. The van der Waals surface area contributed by atoms with Gasteiger partial charge in [0.1, 0.15) is 12.2 Å². The second-order valence-corrected chi connectivity index (χ2v) is 10.2. The topological polar surface area (TPSA) is 117 Å². The Labute approximate surface area is 222 Å². The minimum absolute atomic E-state index is 0.0201. The number of fused-ring (bicyclic) bond motifs is 3. The predicted octanol–water partition coefficient (Wildman–Crippen LogP) is 3.91. The van der Waals surface area contributed by atoms with E-state index in [0.717, 1.165) is 27.8 Å². The largest absolute Gasteiger partial charge is 0.548 e. The summed E-state index contributed by atoms with van der Waals surface area (Å²) in [7, 11) is 0. The molecule has 1 atom stereocenters. The van der Waals surface area contributed by atoms with Crippen LogP contribution >= 0.6 is 0 Å². The minimum atomic E-state index is -1.41. The molecule has 38 heavy (non-hydrogen) atoms. The smallest absolute Gasteiger partial charge is 0.407 e. The van der Waals surface area contributed by atoms with E-state index >= 15 is 0 Å². The maximum atomic E-state index is 12.6. The maximum Gasteiger partial charge on any atom is 0.407 e. The lowest BCUT2D eigenvalue weighted by atomic mass is 9.98. The van der Waals surface area contributed by atoms with Crippen LogP contribution < -0.4 is 15.7 Å². The van der Waals surface area contributed by atoms with Gasteiger partial charge in [0.15, 0.2) is 0 Å². The first kappa shape index (κ1) is 26.7. The van der Waals surface area contributed by atoms with Crippen LogP contribution in [-0.4, -0.2) is 36.4 Å². The molecular weight excluding hydrogens is 484 g/mol. The van der Waals surface area contributed by atoms with Gasteiger partial charge in [-0.25, -0.2) is 9.59 Å². The first-order valence-corrected chi connectivity index (χ1v) is 12.5. The van der Waals surface area contributed by atoms with Gasteiger partial charge in [-0.15, -0.1) is 0 Å². The van der Waals surface area contributed by atoms with Crippen molar-refractivity contribution < 1.29 is 29.0 Å². The normalized spacial score (nSPS) is 13.1. The van der Waals surface area contributed by atoms with E-state index in [1.54, 1.807) is 45.0 Å². The van der Waals surface area contributed by atoms with Gasteiger partial charge in [-0.05, 0) is 60.6 Å². The van der Waals surface area contributed by atoms with Gasteiger partial charge in [0, 0.05) is 12.5 Å². The number of nitrogens with one attached hydrogen (secondary N) is 2. The number of benzene rings is 3. The van der Waals surface area contributed by atoms with Crippen molar-refractivity contribution >= 4 is 18.2 Å². The second kappa shape index (κ2) is 11.4. The third-order valence-corrected chi connectivity index (χ3v) is 6.22.